The Balaban J connectivity index is 2.75. The van der Waals surface area contributed by atoms with Gasteiger partial charge in [-0.3, -0.25) is 0 Å². The van der Waals surface area contributed by atoms with Crippen LogP contribution in [0.3, 0.4) is 0 Å². The van der Waals surface area contributed by atoms with Crippen LogP contribution in [-0.4, -0.2) is 29.2 Å². The van der Waals surface area contributed by atoms with Crippen LogP contribution in [0.15, 0.2) is 12.3 Å². The lowest BCUT2D eigenvalue weighted by molar-refractivity contribution is -0.152. The maximum atomic E-state index is 12.0. The third-order valence-electron chi connectivity index (χ3n) is 2.49. The minimum absolute atomic E-state index is 0.250. The number of hydrogen-bond acceptors (Lipinski definition) is 5. The number of hydrogen-bond donors (Lipinski definition) is 1. The molecule has 0 saturated heterocycles. The molecule has 1 heterocycles. The molecule has 0 aliphatic rings. The van der Waals surface area contributed by atoms with Gasteiger partial charge in [0.15, 0.2) is 6.10 Å². The number of esters is 2. The highest BCUT2D eigenvalue weighted by Gasteiger charge is 2.22. The largest absolute Gasteiger partial charge is 0.463 e. The van der Waals surface area contributed by atoms with E-state index in [-0.39, 0.29) is 6.61 Å². The molecular weight excluding hydrogens is 248 g/mol. The summed E-state index contributed by atoms with van der Waals surface area (Å²) in [5.74, 6) is -1.14. The van der Waals surface area contributed by atoms with E-state index in [1.165, 1.54) is 13.0 Å². The van der Waals surface area contributed by atoms with Crippen LogP contribution in [0.25, 0.3) is 0 Å². The summed E-state index contributed by atoms with van der Waals surface area (Å²) in [6.45, 7) is 6.08. The van der Waals surface area contributed by atoms with Gasteiger partial charge < -0.3 is 19.8 Å². The maximum Gasteiger partial charge on any atom is 0.355 e. The first-order valence-corrected chi connectivity index (χ1v) is 6.32. The molecular formula is C13H20N2O4. The van der Waals surface area contributed by atoms with E-state index >= 15 is 0 Å². The molecule has 19 heavy (non-hydrogen) atoms. The second-order valence-corrected chi connectivity index (χ2v) is 4.15. The fourth-order valence-corrected chi connectivity index (χ4v) is 1.66. The molecule has 0 saturated carbocycles. The van der Waals surface area contributed by atoms with Gasteiger partial charge in [-0.05, 0) is 26.3 Å². The summed E-state index contributed by atoms with van der Waals surface area (Å²) >= 11 is 0. The van der Waals surface area contributed by atoms with Crippen molar-refractivity contribution in [2.24, 2.45) is 0 Å². The molecule has 1 rings (SSSR count). The normalized spacial score (nSPS) is 11.9. The van der Waals surface area contributed by atoms with E-state index in [0.29, 0.717) is 17.9 Å². The molecule has 1 atom stereocenters. The molecule has 0 aliphatic heterocycles. The third kappa shape index (κ3) is 4.01. The van der Waals surface area contributed by atoms with Crippen LogP contribution in [0, 0.1) is 0 Å². The topological polar surface area (TPSA) is 83.5 Å². The molecule has 0 radical (unpaired) electrons. The Morgan fingerprint density at radius 3 is 2.68 bits per heavy atom. The number of nitrogen functional groups attached to an aromatic ring is 1. The van der Waals surface area contributed by atoms with Crippen LogP contribution >= 0.6 is 0 Å². The molecule has 0 amide bonds. The van der Waals surface area contributed by atoms with Gasteiger partial charge in [0, 0.05) is 12.7 Å². The lowest BCUT2D eigenvalue weighted by Crippen LogP contribution is -2.27. The standard InChI is InChI=1S/C13H20N2O4/c1-4-6-15-8-10(14)7-11(15)13(17)19-9(3)12(16)18-5-2/h7-9H,4-6,14H2,1-3H3. The molecule has 0 aliphatic carbocycles. The number of aryl methyl sites for hydroxylation is 1. The molecule has 0 aromatic carbocycles. The Bertz CT molecular complexity index is 453. The monoisotopic (exact) mass is 268 g/mol. The second kappa shape index (κ2) is 6.82. The summed E-state index contributed by atoms with van der Waals surface area (Å²) in [6, 6.07) is 1.54. The Labute approximate surface area is 112 Å². The van der Waals surface area contributed by atoms with E-state index in [1.807, 2.05) is 6.92 Å². The Kier molecular flexibility index (Phi) is 5.41. The van der Waals surface area contributed by atoms with Crippen molar-refractivity contribution in [3.05, 3.63) is 18.0 Å². The lowest BCUT2D eigenvalue weighted by atomic mass is 10.3. The zero-order valence-electron chi connectivity index (χ0n) is 11.5. The minimum Gasteiger partial charge on any atom is -0.463 e. The molecule has 6 nitrogen and oxygen atoms in total. The quantitative estimate of drug-likeness (QED) is 0.792. The molecule has 6 heteroatoms. The highest BCUT2D eigenvalue weighted by Crippen LogP contribution is 2.13. The van der Waals surface area contributed by atoms with Crippen molar-refractivity contribution in [1.82, 2.24) is 4.57 Å². The molecule has 1 aromatic heterocycles. The number of ether oxygens (including phenoxy) is 2. The van der Waals surface area contributed by atoms with Crippen molar-refractivity contribution >= 4 is 17.6 Å². The van der Waals surface area contributed by atoms with Gasteiger partial charge >= 0.3 is 11.9 Å². The lowest BCUT2D eigenvalue weighted by Gasteiger charge is -2.13. The van der Waals surface area contributed by atoms with Crippen molar-refractivity contribution in [1.29, 1.82) is 0 Å². The average molecular weight is 268 g/mol. The molecule has 0 spiro atoms. The van der Waals surface area contributed by atoms with E-state index in [2.05, 4.69) is 0 Å². The fourth-order valence-electron chi connectivity index (χ4n) is 1.66. The van der Waals surface area contributed by atoms with E-state index in [0.717, 1.165) is 6.42 Å². The van der Waals surface area contributed by atoms with Gasteiger partial charge in [0.05, 0.1) is 12.3 Å². The van der Waals surface area contributed by atoms with Crippen molar-refractivity contribution in [3.8, 4) is 0 Å². The summed E-state index contributed by atoms with van der Waals surface area (Å²) in [5.41, 5.74) is 6.50. The number of nitrogens with zero attached hydrogens (tertiary/aromatic N) is 1. The zero-order chi connectivity index (χ0) is 14.4. The summed E-state index contributed by atoms with van der Waals surface area (Å²) in [4.78, 5) is 23.4. The predicted molar refractivity (Wildman–Crippen MR) is 70.6 cm³/mol. The highest BCUT2D eigenvalue weighted by atomic mass is 16.6. The summed E-state index contributed by atoms with van der Waals surface area (Å²) in [7, 11) is 0. The Morgan fingerprint density at radius 2 is 2.11 bits per heavy atom. The first-order valence-electron chi connectivity index (χ1n) is 6.32. The summed E-state index contributed by atoms with van der Waals surface area (Å²) < 4.78 is 11.6. The number of anilines is 1. The van der Waals surface area contributed by atoms with Gasteiger partial charge in [0.1, 0.15) is 5.69 Å². The number of carbonyl (C=O) groups excluding carboxylic acids is 2. The SMILES string of the molecule is CCCn1cc(N)cc1C(=O)OC(C)C(=O)OCC. The maximum absolute atomic E-state index is 12.0. The number of nitrogens with two attached hydrogens (primary N) is 1. The second-order valence-electron chi connectivity index (χ2n) is 4.15. The van der Waals surface area contributed by atoms with E-state index in [9.17, 15) is 9.59 Å². The minimum atomic E-state index is -0.932. The van der Waals surface area contributed by atoms with Crippen molar-refractivity contribution in [2.45, 2.75) is 39.8 Å². The first-order chi connectivity index (χ1) is 8.99. The van der Waals surface area contributed by atoms with E-state index in [1.54, 1.807) is 17.7 Å². The Morgan fingerprint density at radius 1 is 1.42 bits per heavy atom. The van der Waals surface area contributed by atoms with Gasteiger partial charge in [-0.2, -0.15) is 0 Å². The summed E-state index contributed by atoms with van der Waals surface area (Å²) in [5, 5.41) is 0. The smallest absolute Gasteiger partial charge is 0.355 e. The number of rotatable bonds is 6. The zero-order valence-corrected chi connectivity index (χ0v) is 11.5. The van der Waals surface area contributed by atoms with E-state index in [4.69, 9.17) is 15.2 Å². The predicted octanol–water partition coefficient (Wildman–Crippen LogP) is 1.59. The highest BCUT2D eigenvalue weighted by molar-refractivity contribution is 5.91. The van der Waals surface area contributed by atoms with Gasteiger partial charge in [0.2, 0.25) is 0 Å². The van der Waals surface area contributed by atoms with Crippen LogP contribution in [-0.2, 0) is 20.8 Å². The van der Waals surface area contributed by atoms with Crippen LogP contribution in [0.4, 0.5) is 5.69 Å². The van der Waals surface area contributed by atoms with Crippen molar-refractivity contribution < 1.29 is 19.1 Å². The molecule has 0 bridgehead atoms. The van der Waals surface area contributed by atoms with Crippen LogP contribution < -0.4 is 5.73 Å². The number of carbonyl (C=O) groups is 2. The molecule has 2 N–H and O–H groups in total. The Hall–Kier alpha value is -1.98. The van der Waals surface area contributed by atoms with Gasteiger partial charge in [0.25, 0.3) is 0 Å². The van der Waals surface area contributed by atoms with E-state index < -0.39 is 18.0 Å². The third-order valence-corrected chi connectivity index (χ3v) is 2.49. The van der Waals surface area contributed by atoms with Gasteiger partial charge in [-0.25, -0.2) is 9.59 Å². The molecule has 106 valence electrons. The average Bonchev–Trinajstić information content (AvgIpc) is 2.71. The van der Waals surface area contributed by atoms with Crippen molar-refractivity contribution in [2.75, 3.05) is 12.3 Å². The molecule has 0 fully saturated rings. The van der Waals surface area contributed by atoms with Crippen LogP contribution in [0.2, 0.25) is 0 Å². The summed E-state index contributed by atoms with van der Waals surface area (Å²) in [6.07, 6.45) is 1.61. The number of aromatic nitrogens is 1. The van der Waals surface area contributed by atoms with Crippen molar-refractivity contribution in [3.63, 3.8) is 0 Å². The first kappa shape index (κ1) is 15.1. The molecule has 1 unspecified atom stereocenters. The van der Waals surface area contributed by atoms with Gasteiger partial charge in [-0.15, -0.1) is 0 Å². The van der Waals surface area contributed by atoms with Crippen LogP contribution in [0.5, 0.6) is 0 Å². The fraction of sp³-hybridized carbons (Fsp3) is 0.538. The van der Waals surface area contributed by atoms with Crippen LogP contribution in [0.1, 0.15) is 37.7 Å². The molecule has 1 aromatic rings. The van der Waals surface area contributed by atoms with Gasteiger partial charge in [-0.1, -0.05) is 6.92 Å².